The fourth-order valence-corrected chi connectivity index (χ4v) is 3.19. The van der Waals surface area contributed by atoms with Crippen molar-refractivity contribution in [3.63, 3.8) is 0 Å². The molecule has 6 nitrogen and oxygen atoms in total. The Bertz CT molecular complexity index is 775. The Morgan fingerprint density at radius 3 is 2.85 bits per heavy atom. The summed E-state index contributed by atoms with van der Waals surface area (Å²) < 4.78 is 18.6. The number of ether oxygens (including phenoxy) is 1. The number of nitrogens with zero attached hydrogens (tertiary/aromatic N) is 2. The van der Waals surface area contributed by atoms with Gasteiger partial charge in [-0.1, -0.05) is 18.2 Å². The van der Waals surface area contributed by atoms with Crippen molar-refractivity contribution in [1.29, 1.82) is 0 Å². The highest BCUT2D eigenvalue weighted by molar-refractivity contribution is 5.85. The highest BCUT2D eigenvalue weighted by atomic mass is 35.5. The van der Waals surface area contributed by atoms with Crippen LogP contribution in [0.1, 0.15) is 17.2 Å². The smallest absolute Gasteiger partial charge is 0.311 e. The number of piperazine rings is 1. The van der Waals surface area contributed by atoms with E-state index in [-0.39, 0.29) is 35.7 Å². The zero-order valence-electron chi connectivity index (χ0n) is 14.4. The Kier molecular flexibility index (Phi) is 6.90. The molecule has 1 unspecified atom stereocenters. The van der Waals surface area contributed by atoms with Crippen LogP contribution in [0.4, 0.5) is 10.1 Å². The van der Waals surface area contributed by atoms with E-state index in [4.69, 9.17) is 4.74 Å². The van der Waals surface area contributed by atoms with Crippen LogP contribution in [0.2, 0.25) is 0 Å². The van der Waals surface area contributed by atoms with Gasteiger partial charge in [0, 0.05) is 38.3 Å². The van der Waals surface area contributed by atoms with Gasteiger partial charge in [0.05, 0.1) is 12.0 Å². The van der Waals surface area contributed by atoms with Crippen LogP contribution < -0.4 is 10.1 Å². The van der Waals surface area contributed by atoms with Gasteiger partial charge in [0.25, 0.3) is 0 Å². The molecular weight excluding hydrogens is 361 g/mol. The predicted octanol–water partition coefficient (Wildman–Crippen LogP) is 3.31. The van der Waals surface area contributed by atoms with Gasteiger partial charge in [0.2, 0.25) is 0 Å². The minimum absolute atomic E-state index is 0. The van der Waals surface area contributed by atoms with Crippen molar-refractivity contribution in [3.8, 4) is 5.75 Å². The summed E-state index contributed by atoms with van der Waals surface area (Å²) in [6.07, 6.45) is 0. The fraction of sp³-hybridized carbons (Fsp3) is 0.333. The summed E-state index contributed by atoms with van der Waals surface area (Å²) in [7, 11) is 1.41. The number of halogens is 2. The summed E-state index contributed by atoms with van der Waals surface area (Å²) in [5, 5.41) is 14.5. The standard InChI is InChI=1S/C18H20FN3O3.ClH/c1-25-18-6-5-13(9-16(18)22(23)24)12-21-8-7-20-11-17(21)14-3-2-4-15(19)10-14;/h2-6,9-10,17,20H,7-8,11-12H2,1H3;1H. The van der Waals surface area contributed by atoms with Gasteiger partial charge in [-0.05, 0) is 29.3 Å². The van der Waals surface area contributed by atoms with Gasteiger partial charge in [-0.2, -0.15) is 0 Å². The Morgan fingerprint density at radius 2 is 2.15 bits per heavy atom. The lowest BCUT2D eigenvalue weighted by Gasteiger charge is -2.36. The fourth-order valence-electron chi connectivity index (χ4n) is 3.19. The molecule has 1 aliphatic heterocycles. The number of nitrogens with one attached hydrogen (secondary N) is 1. The summed E-state index contributed by atoms with van der Waals surface area (Å²) in [6.45, 7) is 2.86. The van der Waals surface area contributed by atoms with E-state index >= 15 is 0 Å². The van der Waals surface area contributed by atoms with E-state index in [1.165, 1.54) is 13.2 Å². The molecular formula is C18H21ClFN3O3. The number of nitro groups is 1. The normalized spacial score (nSPS) is 17.4. The first-order chi connectivity index (χ1) is 12.1. The Hall–Kier alpha value is -2.22. The molecule has 0 aliphatic carbocycles. The van der Waals surface area contributed by atoms with Gasteiger partial charge in [0.1, 0.15) is 5.82 Å². The zero-order valence-corrected chi connectivity index (χ0v) is 15.2. The van der Waals surface area contributed by atoms with Gasteiger partial charge in [0.15, 0.2) is 5.75 Å². The molecule has 0 amide bonds. The summed E-state index contributed by atoms with van der Waals surface area (Å²) in [5.41, 5.74) is 1.68. The number of benzene rings is 2. The third kappa shape index (κ3) is 4.49. The molecule has 0 saturated carbocycles. The lowest BCUT2D eigenvalue weighted by molar-refractivity contribution is -0.385. The first-order valence-corrected chi connectivity index (χ1v) is 8.10. The lowest BCUT2D eigenvalue weighted by Crippen LogP contribution is -2.45. The minimum atomic E-state index is -0.440. The van der Waals surface area contributed by atoms with Crippen molar-refractivity contribution in [1.82, 2.24) is 10.2 Å². The van der Waals surface area contributed by atoms with Crippen molar-refractivity contribution < 1.29 is 14.1 Å². The molecule has 0 radical (unpaired) electrons. The van der Waals surface area contributed by atoms with Crippen molar-refractivity contribution in [2.24, 2.45) is 0 Å². The second-order valence-corrected chi connectivity index (χ2v) is 6.01. The minimum Gasteiger partial charge on any atom is -0.490 e. The quantitative estimate of drug-likeness (QED) is 0.635. The molecule has 0 aromatic heterocycles. The lowest BCUT2D eigenvalue weighted by atomic mass is 10.0. The Labute approximate surface area is 157 Å². The van der Waals surface area contributed by atoms with E-state index in [9.17, 15) is 14.5 Å². The molecule has 1 N–H and O–H groups in total. The number of nitro benzene ring substituents is 1. The molecule has 1 aliphatic rings. The maximum atomic E-state index is 13.6. The van der Waals surface area contributed by atoms with Crippen molar-refractivity contribution >= 4 is 18.1 Å². The van der Waals surface area contributed by atoms with Crippen LogP contribution in [0.5, 0.6) is 5.75 Å². The Morgan fingerprint density at radius 1 is 1.35 bits per heavy atom. The van der Waals surface area contributed by atoms with Gasteiger partial charge < -0.3 is 10.1 Å². The van der Waals surface area contributed by atoms with Gasteiger partial charge in [-0.3, -0.25) is 15.0 Å². The van der Waals surface area contributed by atoms with E-state index in [2.05, 4.69) is 10.2 Å². The predicted molar refractivity (Wildman–Crippen MR) is 99.3 cm³/mol. The third-order valence-corrected chi connectivity index (χ3v) is 4.41. The highest BCUT2D eigenvalue weighted by Gasteiger charge is 2.25. The van der Waals surface area contributed by atoms with Gasteiger partial charge in [-0.15, -0.1) is 12.4 Å². The largest absolute Gasteiger partial charge is 0.490 e. The van der Waals surface area contributed by atoms with E-state index < -0.39 is 4.92 Å². The van der Waals surface area contributed by atoms with Crippen LogP contribution >= 0.6 is 12.4 Å². The van der Waals surface area contributed by atoms with E-state index in [0.717, 1.165) is 24.2 Å². The average Bonchev–Trinajstić information content (AvgIpc) is 2.62. The molecule has 2 aromatic carbocycles. The molecule has 0 spiro atoms. The molecule has 3 rings (SSSR count). The van der Waals surface area contributed by atoms with E-state index in [1.54, 1.807) is 24.3 Å². The molecule has 2 aromatic rings. The molecule has 0 bridgehead atoms. The number of hydrogen-bond acceptors (Lipinski definition) is 5. The summed E-state index contributed by atoms with van der Waals surface area (Å²) >= 11 is 0. The third-order valence-electron chi connectivity index (χ3n) is 4.41. The number of methoxy groups -OCH3 is 1. The monoisotopic (exact) mass is 381 g/mol. The second kappa shape index (κ2) is 8.93. The van der Waals surface area contributed by atoms with Crippen LogP contribution in [0, 0.1) is 15.9 Å². The molecule has 8 heteroatoms. The van der Waals surface area contributed by atoms with E-state index in [1.807, 2.05) is 12.1 Å². The van der Waals surface area contributed by atoms with Crippen LogP contribution in [-0.4, -0.2) is 36.6 Å². The van der Waals surface area contributed by atoms with Crippen LogP contribution in [0.25, 0.3) is 0 Å². The summed E-state index contributed by atoms with van der Waals surface area (Å²) in [6, 6.07) is 11.6. The summed E-state index contributed by atoms with van der Waals surface area (Å²) in [4.78, 5) is 13.0. The molecule has 1 heterocycles. The maximum absolute atomic E-state index is 13.6. The topological polar surface area (TPSA) is 67.6 Å². The van der Waals surface area contributed by atoms with Crippen LogP contribution in [0.15, 0.2) is 42.5 Å². The van der Waals surface area contributed by atoms with Crippen molar-refractivity contribution in [3.05, 3.63) is 69.5 Å². The second-order valence-electron chi connectivity index (χ2n) is 6.01. The zero-order chi connectivity index (χ0) is 17.8. The average molecular weight is 382 g/mol. The van der Waals surface area contributed by atoms with E-state index in [0.29, 0.717) is 13.1 Å². The van der Waals surface area contributed by atoms with Crippen molar-refractivity contribution in [2.45, 2.75) is 12.6 Å². The first kappa shape index (κ1) is 20.1. The van der Waals surface area contributed by atoms with Crippen LogP contribution in [-0.2, 0) is 6.54 Å². The Balaban J connectivity index is 0.00000243. The number of rotatable bonds is 5. The molecule has 26 heavy (non-hydrogen) atoms. The van der Waals surface area contributed by atoms with Gasteiger partial charge in [-0.25, -0.2) is 4.39 Å². The maximum Gasteiger partial charge on any atom is 0.311 e. The molecule has 1 fully saturated rings. The van der Waals surface area contributed by atoms with Crippen LogP contribution in [0.3, 0.4) is 0 Å². The number of hydrogen-bond donors (Lipinski definition) is 1. The van der Waals surface area contributed by atoms with Crippen molar-refractivity contribution in [2.75, 3.05) is 26.7 Å². The molecule has 1 atom stereocenters. The first-order valence-electron chi connectivity index (χ1n) is 8.10. The SMILES string of the molecule is COc1ccc(CN2CCNCC2c2cccc(F)c2)cc1[N+](=O)[O-].Cl. The summed E-state index contributed by atoms with van der Waals surface area (Å²) in [5.74, 6) is -0.0150. The molecule has 1 saturated heterocycles. The van der Waals surface area contributed by atoms with Gasteiger partial charge >= 0.3 is 5.69 Å². The molecule has 140 valence electrons. The highest BCUT2D eigenvalue weighted by Crippen LogP contribution is 2.30.